The number of ether oxygens (including phenoxy) is 1. The summed E-state index contributed by atoms with van der Waals surface area (Å²) in [7, 11) is 0. The minimum Gasteiger partial charge on any atom is -0.423 e. The van der Waals surface area contributed by atoms with Crippen LogP contribution in [0.2, 0.25) is 0 Å². The number of rotatable bonds is 5. The number of carbonyl (C=O) groups is 1. The van der Waals surface area contributed by atoms with Crippen molar-refractivity contribution in [3.05, 3.63) is 108 Å². The maximum absolute atomic E-state index is 12.5. The molecule has 3 aromatic carbocycles. The van der Waals surface area contributed by atoms with Crippen LogP contribution < -0.4 is 4.74 Å². The molecule has 0 spiro atoms. The molecule has 0 unspecified atom stereocenters. The number of hydrogen-bond donors (Lipinski definition) is 0. The number of pyridine rings is 1. The van der Waals surface area contributed by atoms with Gasteiger partial charge in [0.15, 0.2) is 0 Å². The van der Waals surface area contributed by atoms with E-state index in [2.05, 4.69) is 18.0 Å². The molecule has 0 saturated heterocycles. The Hall–Kier alpha value is -3.72. The highest BCUT2D eigenvalue weighted by atomic mass is 16.5. The number of aromatic nitrogens is 1. The highest BCUT2D eigenvalue weighted by Gasteiger charge is 2.10. The van der Waals surface area contributed by atoms with Crippen molar-refractivity contribution in [2.24, 2.45) is 0 Å². The van der Waals surface area contributed by atoms with Gasteiger partial charge in [-0.1, -0.05) is 67.6 Å². The summed E-state index contributed by atoms with van der Waals surface area (Å²) in [6.45, 7) is 2.10. The molecule has 1 aromatic heterocycles. The van der Waals surface area contributed by atoms with Crippen LogP contribution in [0.1, 0.15) is 22.8 Å². The summed E-state index contributed by atoms with van der Waals surface area (Å²) in [6, 6.07) is 29.0. The van der Waals surface area contributed by atoms with Crippen molar-refractivity contribution in [1.82, 2.24) is 4.98 Å². The SMILES string of the molecule is CCc1ccc(-c2ccc(C(=O)Oc3ccc(-c4ccccc4)cc3)cc2)nc1. The smallest absolute Gasteiger partial charge is 0.343 e. The molecule has 0 N–H and O–H groups in total. The van der Waals surface area contributed by atoms with E-state index in [9.17, 15) is 4.79 Å². The molecule has 142 valence electrons. The van der Waals surface area contributed by atoms with Gasteiger partial charge in [-0.3, -0.25) is 4.98 Å². The Morgan fingerprint density at radius 3 is 2.03 bits per heavy atom. The molecular formula is C26H21NO2. The Labute approximate surface area is 170 Å². The first-order valence-electron chi connectivity index (χ1n) is 9.66. The van der Waals surface area contributed by atoms with Gasteiger partial charge in [-0.15, -0.1) is 0 Å². The molecule has 4 aromatic rings. The molecule has 0 atom stereocenters. The van der Waals surface area contributed by atoms with Gasteiger partial charge in [0, 0.05) is 11.8 Å². The summed E-state index contributed by atoms with van der Waals surface area (Å²) in [5.41, 5.74) is 5.77. The molecule has 1 heterocycles. The average molecular weight is 379 g/mol. The van der Waals surface area contributed by atoms with E-state index in [0.717, 1.165) is 28.8 Å². The van der Waals surface area contributed by atoms with Gasteiger partial charge in [0.05, 0.1) is 11.3 Å². The summed E-state index contributed by atoms with van der Waals surface area (Å²) >= 11 is 0. The Morgan fingerprint density at radius 1 is 0.759 bits per heavy atom. The van der Waals surface area contributed by atoms with Gasteiger partial charge >= 0.3 is 5.97 Å². The molecule has 3 nitrogen and oxygen atoms in total. The molecule has 0 aliphatic carbocycles. The number of benzene rings is 3. The largest absolute Gasteiger partial charge is 0.423 e. The summed E-state index contributed by atoms with van der Waals surface area (Å²) < 4.78 is 5.51. The summed E-state index contributed by atoms with van der Waals surface area (Å²) in [6.07, 6.45) is 2.85. The molecule has 29 heavy (non-hydrogen) atoms. The molecular weight excluding hydrogens is 358 g/mol. The van der Waals surface area contributed by atoms with Gasteiger partial charge in [-0.25, -0.2) is 4.79 Å². The van der Waals surface area contributed by atoms with Crippen molar-refractivity contribution in [3.8, 4) is 28.1 Å². The molecule has 3 heteroatoms. The van der Waals surface area contributed by atoms with Crippen molar-refractivity contribution in [1.29, 1.82) is 0 Å². The van der Waals surface area contributed by atoms with Crippen LogP contribution in [0, 0.1) is 0 Å². The standard InChI is InChI=1S/C26H21NO2/c1-2-19-8-17-25(27-18-19)22-9-11-23(12-10-22)26(28)29-24-15-13-21(14-16-24)20-6-4-3-5-7-20/h3-18H,2H2,1H3. The van der Waals surface area contributed by atoms with Crippen LogP contribution >= 0.6 is 0 Å². The van der Waals surface area contributed by atoms with Crippen LogP contribution in [-0.2, 0) is 6.42 Å². The van der Waals surface area contributed by atoms with E-state index >= 15 is 0 Å². The summed E-state index contributed by atoms with van der Waals surface area (Å²) in [5, 5.41) is 0. The van der Waals surface area contributed by atoms with E-state index in [1.165, 1.54) is 5.56 Å². The van der Waals surface area contributed by atoms with Gasteiger partial charge in [-0.05, 0) is 53.4 Å². The van der Waals surface area contributed by atoms with Crippen molar-refractivity contribution < 1.29 is 9.53 Å². The first-order chi connectivity index (χ1) is 14.2. The van der Waals surface area contributed by atoms with Crippen LogP contribution in [0.25, 0.3) is 22.4 Å². The van der Waals surface area contributed by atoms with Crippen LogP contribution in [0.4, 0.5) is 0 Å². The zero-order valence-corrected chi connectivity index (χ0v) is 16.2. The van der Waals surface area contributed by atoms with Crippen molar-refractivity contribution in [2.45, 2.75) is 13.3 Å². The fraction of sp³-hybridized carbons (Fsp3) is 0.0769. The predicted octanol–water partition coefficient (Wildman–Crippen LogP) is 6.20. The lowest BCUT2D eigenvalue weighted by Crippen LogP contribution is -2.08. The Balaban J connectivity index is 1.44. The lowest BCUT2D eigenvalue weighted by Gasteiger charge is -2.07. The molecule has 4 rings (SSSR count). The van der Waals surface area contributed by atoms with Gasteiger partial charge in [0.25, 0.3) is 0 Å². The third kappa shape index (κ3) is 4.41. The average Bonchev–Trinajstić information content (AvgIpc) is 2.80. The zero-order chi connectivity index (χ0) is 20.1. The van der Waals surface area contributed by atoms with Gasteiger partial charge in [0.1, 0.15) is 5.75 Å². The minimum atomic E-state index is -0.377. The lowest BCUT2D eigenvalue weighted by molar-refractivity contribution is 0.0735. The van der Waals surface area contributed by atoms with E-state index in [1.54, 1.807) is 12.1 Å². The van der Waals surface area contributed by atoms with Crippen LogP contribution in [0.3, 0.4) is 0 Å². The number of hydrogen-bond acceptors (Lipinski definition) is 3. The highest BCUT2D eigenvalue weighted by Crippen LogP contribution is 2.23. The van der Waals surface area contributed by atoms with Crippen LogP contribution in [0.15, 0.2) is 97.2 Å². The Morgan fingerprint density at radius 2 is 1.41 bits per heavy atom. The summed E-state index contributed by atoms with van der Waals surface area (Å²) in [5.74, 6) is 0.147. The van der Waals surface area contributed by atoms with Gasteiger partial charge in [0.2, 0.25) is 0 Å². The first kappa shape index (κ1) is 18.6. The van der Waals surface area contributed by atoms with Gasteiger partial charge in [-0.2, -0.15) is 0 Å². The fourth-order valence-electron chi connectivity index (χ4n) is 3.09. The number of nitrogens with zero attached hydrogens (tertiary/aromatic N) is 1. The van der Waals surface area contributed by atoms with Crippen molar-refractivity contribution in [3.63, 3.8) is 0 Å². The highest BCUT2D eigenvalue weighted by molar-refractivity contribution is 5.91. The second-order valence-corrected chi connectivity index (χ2v) is 6.76. The van der Waals surface area contributed by atoms with Crippen molar-refractivity contribution in [2.75, 3.05) is 0 Å². The first-order valence-corrected chi connectivity index (χ1v) is 9.66. The van der Waals surface area contributed by atoms with E-state index in [4.69, 9.17) is 4.74 Å². The second-order valence-electron chi connectivity index (χ2n) is 6.76. The minimum absolute atomic E-state index is 0.377. The maximum atomic E-state index is 12.5. The molecule has 0 aliphatic heterocycles. The van der Waals surface area contributed by atoms with E-state index < -0.39 is 0 Å². The zero-order valence-electron chi connectivity index (χ0n) is 16.2. The normalized spacial score (nSPS) is 10.5. The molecule has 0 fully saturated rings. The lowest BCUT2D eigenvalue weighted by atomic mass is 10.1. The summed E-state index contributed by atoms with van der Waals surface area (Å²) in [4.78, 5) is 16.9. The molecule has 0 aliphatic rings. The Bertz CT molecular complexity index is 1080. The van der Waals surface area contributed by atoms with Crippen LogP contribution in [0.5, 0.6) is 5.75 Å². The van der Waals surface area contributed by atoms with Gasteiger partial charge < -0.3 is 4.74 Å². The quantitative estimate of drug-likeness (QED) is 0.306. The molecule has 0 bridgehead atoms. The number of esters is 1. The van der Waals surface area contributed by atoms with E-state index in [1.807, 2.05) is 79.0 Å². The van der Waals surface area contributed by atoms with Crippen molar-refractivity contribution >= 4 is 5.97 Å². The Kier molecular flexibility index (Phi) is 5.48. The molecule has 0 amide bonds. The third-order valence-electron chi connectivity index (χ3n) is 4.82. The van der Waals surface area contributed by atoms with E-state index in [-0.39, 0.29) is 5.97 Å². The molecule has 0 radical (unpaired) electrons. The third-order valence-corrected chi connectivity index (χ3v) is 4.82. The van der Waals surface area contributed by atoms with E-state index in [0.29, 0.717) is 11.3 Å². The predicted molar refractivity (Wildman–Crippen MR) is 116 cm³/mol. The topological polar surface area (TPSA) is 39.2 Å². The molecule has 0 saturated carbocycles. The fourth-order valence-corrected chi connectivity index (χ4v) is 3.09. The maximum Gasteiger partial charge on any atom is 0.343 e. The van der Waals surface area contributed by atoms with Crippen LogP contribution in [-0.4, -0.2) is 11.0 Å². The number of carbonyl (C=O) groups excluding carboxylic acids is 1. The number of aryl methyl sites for hydroxylation is 1. The monoisotopic (exact) mass is 379 g/mol. The second kappa shape index (κ2) is 8.53.